The fraction of sp³-hybridized carbons (Fsp3) is 0.0870. The number of fused-ring (bicyclic) bond motifs is 1. The first-order valence-electron chi connectivity index (χ1n) is 9.31. The average molecular weight is 501 g/mol. The molecule has 0 saturated carbocycles. The Hall–Kier alpha value is -3.03. The van der Waals surface area contributed by atoms with Gasteiger partial charge in [0.05, 0.1) is 17.1 Å². The molecule has 0 fully saturated rings. The second-order valence-corrected chi connectivity index (χ2v) is 8.10. The van der Waals surface area contributed by atoms with Crippen LogP contribution in [-0.4, -0.2) is 15.9 Å². The molecule has 0 bridgehead atoms. The lowest BCUT2D eigenvalue weighted by Gasteiger charge is -2.11. The molecule has 1 heterocycles. The van der Waals surface area contributed by atoms with Gasteiger partial charge in [-0.25, -0.2) is 9.37 Å². The molecule has 0 aliphatic carbocycles. The number of nitrogens with zero attached hydrogens (tertiary/aromatic N) is 3. The van der Waals surface area contributed by atoms with E-state index in [9.17, 15) is 9.18 Å². The molecule has 0 N–H and O–H groups in total. The predicted molar refractivity (Wildman–Crippen MR) is 124 cm³/mol. The first-order chi connectivity index (χ1) is 14.9. The lowest BCUT2D eigenvalue weighted by Crippen LogP contribution is -2.20. The Labute approximate surface area is 190 Å². The molecule has 0 aliphatic rings. The number of aromatic nitrogens is 2. The molecule has 0 unspecified atom stereocenters. The van der Waals surface area contributed by atoms with Crippen molar-refractivity contribution in [3.8, 4) is 5.75 Å². The van der Waals surface area contributed by atoms with E-state index in [0.29, 0.717) is 38.6 Å². The topological polar surface area (TPSA) is 56.5 Å². The van der Waals surface area contributed by atoms with Gasteiger partial charge in [-0.1, -0.05) is 45.7 Å². The normalized spacial score (nSPS) is 11.4. The van der Waals surface area contributed by atoms with Gasteiger partial charge in [0, 0.05) is 20.6 Å². The lowest BCUT2D eigenvalue weighted by molar-refractivity contribution is 0.299. The van der Waals surface area contributed by atoms with Gasteiger partial charge in [0.25, 0.3) is 5.56 Å². The van der Waals surface area contributed by atoms with E-state index in [1.165, 1.54) is 17.0 Å². The third-order valence-electron chi connectivity index (χ3n) is 4.60. The van der Waals surface area contributed by atoms with Crippen LogP contribution in [0.1, 0.15) is 17.0 Å². The number of halogens is 3. The van der Waals surface area contributed by atoms with Crippen LogP contribution in [0.25, 0.3) is 10.9 Å². The van der Waals surface area contributed by atoms with Crippen LogP contribution in [0.15, 0.2) is 75.0 Å². The van der Waals surface area contributed by atoms with E-state index in [4.69, 9.17) is 16.3 Å². The van der Waals surface area contributed by atoms with E-state index in [1.807, 2.05) is 6.07 Å². The van der Waals surface area contributed by atoms with Gasteiger partial charge in [-0.2, -0.15) is 9.78 Å². The largest absolute Gasteiger partial charge is 0.488 e. The van der Waals surface area contributed by atoms with Crippen molar-refractivity contribution >= 4 is 44.6 Å². The summed E-state index contributed by atoms with van der Waals surface area (Å²) in [6, 6.07) is 16.7. The molecule has 8 heteroatoms. The Balaban J connectivity index is 1.69. The highest BCUT2D eigenvalue weighted by Crippen LogP contribution is 2.23. The minimum absolute atomic E-state index is 0.0413. The third kappa shape index (κ3) is 4.68. The first-order valence-corrected chi connectivity index (χ1v) is 10.5. The van der Waals surface area contributed by atoms with E-state index in [2.05, 4.69) is 26.0 Å². The molecular formula is C23H16BrClFN3O2. The number of hydrogen-bond acceptors (Lipinski definition) is 4. The van der Waals surface area contributed by atoms with E-state index in [-0.39, 0.29) is 18.0 Å². The maximum absolute atomic E-state index is 13.9. The summed E-state index contributed by atoms with van der Waals surface area (Å²) in [5.41, 5.74) is 1.27. The molecular weight excluding hydrogens is 485 g/mol. The first kappa shape index (κ1) is 21.2. The van der Waals surface area contributed by atoms with Gasteiger partial charge in [-0.15, -0.1) is 0 Å². The van der Waals surface area contributed by atoms with Crippen LogP contribution < -0.4 is 10.3 Å². The molecule has 0 aliphatic heterocycles. The number of ether oxygens (including phenoxy) is 1. The SMILES string of the molecule is Cc1nc2ccc(Br)cc2c(=O)n1N=Cc1cc(Cl)ccc1OCc1ccccc1F. The summed E-state index contributed by atoms with van der Waals surface area (Å²) in [6.45, 7) is 1.74. The van der Waals surface area contributed by atoms with Crippen LogP contribution in [0.4, 0.5) is 4.39 Å². The van der Waals surface area contributed by atoms with Gasteiger partial charge in [0.1, 0.15) is 24.0 Å². The molecule has 1 aromatic heterocycles. The average Bonchev–Trinajstić information content (AvgIpc) is 2.74. The van der Waals surface area contributed by atoms with Crippen molar-refractivity contribution in [2.45, 2.75) is 13.5 Å². The molecule has 5 nitrogen and oxygen atoms in total. The van der Waals surface area contributed by atoms with Gasteiger partial charge in [-0.05, 0) is 49.4 Å². The minimum atomic E-state index is -0.345. The molecule has 4 aromatic rings. The van der Waals surface area contributed by atoms with Crippen LogP contribution in [-0.2, 0) is 6.61 Å². The van der Waals surface area contributed by atoms with E-state index < -0.39 is 0 Å². The third-order valence-corrected chi connectivity index (χ3v) is 5.32. The second-order valence-electron chi connectivity index (χ2n) is 6.74. The Morgan fingerprint density at radius 3 is 2.81 bits per heavy atom. The van der Waals surface area contributed by atoms with Crippen molar-refractivity contribution < 1.29 is 9.13 Å². The molecule has 31 heavy (non-hydrogen) atoms. The van der Waals surface area contributed by atoms with Crippen molar-refractivity contribution in [3.05, 3.63) is 103 Å². The molecule has 3 aromatic carbocycles. The van der Waals surface area contributed by atoms with Crippen molar-refractivity contribution in [2.24, 2.45) is 5.10 Å². The summed E-state index contributed by atoms with van der Waals surface area (Å²) in [7, 11) is 0. The van der Waals surface area contributed by atoms with Crippen molar-refractivity contribution in [3.63, 3.8) is 0 Å². The predicted octanol–water partition coefficient (Wildman–Crippen LogP) is 5.72. The van der Waals surface area contributed by atoms with Gasteiger partial charge in [0.15, 0.2) is 0 Å². The highest BCUT2D eigenvalue weighted by molar-refractivity contribution is 9.10. The standard InChI is InChI=1S/C23H16BrClFN3O2/c1-14-28-21-8-6-17(24)11-19(21)23(30)29(14)27-12-16-10-18(25)7-9-22(16)31-13-15-4-2-3-5-20(15)26/h2-12H,13H2,1H3. The summed E-state index contributed by atoms with van der Waals surface area (Å²) in [5, 5.41) is 5.24. The van der Waals surface area contributed by atoms with Crippen molar-refractivity contribution in [1.29, 1.82) is 0 Å². The summed E-state index contributed by atoms with van der Waals surface area (Å²) in [4.78, 5) is 17.4. The summed E-state index contributed by atoms with van der Waals surface area (Å²) in [6.07, 6.45) is 1.47. The zero-order valence-electron chi connectivity index (χ0n) is 16.3. The summed E-state index contributed by atoms with van der Waals surface area (Å²) in [5.74, 6) is 0.549. The highest BCUT2D eigenvalue weighted by atomic mass is 79.9. The molecule has 156 valence electrons. The number of hydrogen-bond donors (Lipinski definition) is 0. The minimum Gasteiger partial charge on any atom is -0.488 e. The molecule has 0 radical (unpaired) electrons. The zero-order valence-corrected chi connectivity index (χ0v) is 18.7. The smallest absolute Gasteiger partial charge is 0.282 e. The van der Waals surface area contributed by atoms with E-state index >= 15 is 0 Å². The van der Waals surface area contributed by atoms with Crippen LogP contribution in [0.5, 0.6) is 5.75 Å². The van der Waals surface area contributed by atoms with Gasteiger partial charge in [-0.3, -0.25) is 4.79 Å². The fourth-order valence-corrected chi connectivity index (χ4v) is 3.58. The second kappa shape index (κ2) is 8.99. The number of aryl methyl sites for hydroxylation is 1. The maximum atomic E-state index is 13.9. The van der Waals surface area contributed by atoms with Gasteiger partial charge >= 0.3 is 0 Å². The Bertz CT molecular complexity index is 1370. The van der Waals surface area contributed by atoms with Gasteiger partial charge in [0.2, 0.25) is 0 Å². The molecule has 0 spiro atoms. The van der Waals surface area contributed by atoms with Crippen LogP contribution in [0.3, 0.4) is 0 Å². The molecule has 0 amide bonds. The van der Waals surface area contributed by atoms with E-state index in [0.717, 1.165) is 4.47 Å². The monoisotopic (exact) mass is 499 g/mol. The van der Waals surface area contributed by atoms with Gasteiger partial charge < -0.3 is 4.74 Å². The molecule has 0 atom stereocenters. The Morgan fingerprint density at radius 1 is 1.19 bits per heavy atom. The van der Waals surface area contributed by atoms with E-state index in [1.54, 1.807) is 55.5 Å². The molecule has 0 saturated heterocycles. The lowest BCUT2D eigenvalue weighted by atomic mass is 10.2. The molecule has 4 rings (SSSR count). The fourth-order valence-electron chi connectivity index (χ4n) is 3.04. The highest BCUT2D eigenvalue weighted by Gasteiger charge is 2.10. The number of benzene rings is 3. The zero-order chi connectivity index (χ0) is 22.0. The quantitative estimate of drug-likeness (QED) is 0.329. The van der Waals surface area contributed by atoms with Crippen molar-refractivity contribution in [1.82, 2.24) is 9.66 Å². The number of rotatable bonds is 5. The summed E-state index contributed by atoms with van der Waals surface area (Å²) >= 11 is 9.51. The van der Waals surface area contributed by atoms with Crippen molar-refractivity contribution in [2.75, 3.05) is 0 Å². The maximum Gasteiger partial charge on any atom is 0.282 e. The van der Waals surface area contributed by atoms with Crippen LogP contribution in [0, 0.1) is 12.7 Å². The summed E-state index contributed by atoms with van der Waals surface area (Å²) < 4.78 is 21.7. The van der Waals surface area contributed by atoms with Crippen LogP contribution >= 0.6 is 27.5 Å². The van der Waals surface area contributed by atoms with Crippen LogP contribution in [0.2, 0.25) is 5.02 Å². The Morgan fingerprint density at radius 2 is 2.00 bits per heavy atom. The Kier molecular flexibility index (Phi) is 6.15.